The monoisotopic (exact) mass is 465 g/mol. The second-order valence-corrected chi connectivity index (χ2v) is 10.5. The summed E-state index contributed by atoms with van der Waals surface area (Å²) < 4.78 is 0. The highest BCUT2D eigenvalue weighted by molar-refractivity contribution is 8.03. The van der Waals surface area contributed by atoms with Gasteiger partial charge in [0.15, 0.2) is 0 Å². The van der Waals surface area contributed by atoms with Gasteiger partial charge in [0.2, 0.25) is 11.8 Å². The van der Waals surface area contributed by atoms with Crippen molar-refractivity contribution in [2.75, 3.05) is 40.3 Å². The maximum Gasteiger partial charge on any atom is 0.353 e. The Hall–Kier alpha value is -2.11. The highest BCUT2D eigenvalue weighted by Crippen LogP contribution is 2.51. The van der Waals surface area contributed by atoms with Crippen LogP contribution in [0.4, 0.5) is 0 Å². The van der Waals surface area contributed by atoms with Crippen LogP contribution in [0, 0.1) is 11.8 Å². The second kappa shape index (κ2) is 8.68. The molecule has 4 aliphatic rings. The van der Waals surface area contributed by atoms with Crippen LogP contribution < -0.4 is 5.32 Å². The minimum absolute atomic E-state index is 0.0290. The molecule has 0 aromatic carbocycles. The van der Waals surface area contributed by atoms with E-state index in [4.69, 9.17) is 0 Å². The molecule has 0 saturated carbocycles. The Bertz CT molecular complexity index is 888. The van der Waals surface area contributed by atoms with Gasteiger partial charge in [-0.15, -0.1) is 11.8 Å². The summed E-state index contributed by atoms with van der Waals surface area (Å²) in [4.78, 5) is 47.8. The number of hydrogen-bond acceptors (Lipinski definition) is 8. The first-order valence-electron chi connectivity index (χ1n) is 11.0. The summed E-state index contributed by atoms with van der Waals surface area (Å²) in [6, 6.07) is -0.636. The minimum atomic E-state index is -1.12. The Morgan fingerprint density at radius 2 is 2.06 bits per heavy atom. The van der Waals surface area contributed by atoms with Crippen LogP contribution in [0.1, 0.15) is 20.3 Å². The number of carbonyl (C=O) groups excluding carboxylic acids is 2. The van der Waals surface area contributed by atoms with E-state index in [0.717, 1.165) is 5.84 Å². The fourth-order valence-electron chi connectivity index (χ4n) is 5.13. The molecule has 10 nitrogen and oxygen atoms in total. The van der Waals surface area contributed by atoms with Gasteiger partial charge in [0.05, 0.1) is 37.2 Å². The molecule has 2 fully saturated rings. The maximum absolute atomic E-state index is 13.1. The molecule has 11 heteroatoms. The second-order valence-electron chi connectivity index (χ2n) is 9.16. The number of fused-ring (bicyclic) bond motifs is 1. The number of rotatable bonds is 5. The van der Waals surface area contributed by atoms with Crippen LogP contribution in [-0.2, 0) is 14.4 Å². The number of aliphatic imine (C=N–C) groups is 1. The van der Waals surface area contributed by atoms with E-state index in [1.165, 1.54) is 16.7 Å². The predicted octanol–water partition coefficient (Wildman–Crippen LogP) is -0.594. The molecule has 2 amide bonds. The van der Waals surface area contributed by atoms with Crippen molar-refractivity contribution < 1.29 is 24.6 Å². The van der Waals surface area contributed by atoms with Crippen LogP contribution in [0.5, 0.6) is 0 Å². The number of aliphatic carboxylic acids is 1. The first-order chi connectivity index (χ1) is 15.1. The molecule has 0 aromatic rings. The lowest BCUT2D eigenvalue weighted by Crippen LogP contribution is -2.63. The molecule has 2 saturated heterocycles. The lowest BCUT2D eigenvalue weighted by Gasteiger charge is -2.46. The molecule has 32 heavy (non-hydrogen) atoms. The number of aliphatic hydroxyl groups excluding tert-OH is 1. The van der Waals surface area contributed by atoms with E-state index >= 15 is 0 Å². The SMILES string of the molecule is CC(O)C1C(=O)N2C(C(=O)O)=C(SC3CNC(C(=O)N4CCN=C(N(C)C)C4)C3)C(C)[C@H]12. The minimum Gasteiger partial charge on any atom is -0.477 e. The number of carboxylic acids is 1. The molecular weight excluding hydrogens is 434 g/mol. The van der Waals surface area contributed by atoms with Gasteiger partial charge in [-0.3, -0.25) is 14.6 Å². The number of aliphatic hydroxyl groups is 1. The maximum atomic E-state index is 13.1. The molecule has 6 atom stereocenters. The van der Waals surface area contributed by atoms with Gasteiger partial charge in [-0.05, 0) is 13.3 Å². The molecule has 4 heterocycles. The molecule has 0 radical (unpaired) electrons. The van der Waals surface area contributed by atoms with Crippen molar-refractivity contribution in [2.24, 2.45) is 16.8 Å². The molecular formula is C21H31N5O5S. The van der Waals surface area contributed by atoms with Gasteiger partial charge in [0.1, 0.15) is 11.5 Å². The number of likely N-dealkylation sites (N-methyl/N-ethyl adjacent to an activating group) is 1. The van der Waals surface area contributed by atoms with E-state index in [1.807, 2.05) is 30.8 Å². The summed E-state index contributed by atoms with van der Waals surface area (Å²) in [5, 5.41) is 23.1. The first kappa shape index (κ1) is 23.1. The highest BCUT2D eigenvalue weighted by Gasteiger charge is 2.60. The molecule has 176 valence electrons. The van der Waals surface area contributed by atoms with Crippen LogP contribution in [0.3, 0.4) is 0 Å². The zero-order chi connectivity index (χ0) is 23.3. The van der Waals surface area contributed by atoms with Crippen LogP contribution in [0.25, 0.3) is 0 Å². The number of nitrogens with one attached hydrogen (secondary N) is 1. The lowest BCUT2D eigenvalue weighted by molar-refractivity contribution is -0.163. The van der Waals surface area contributed by atoms with Gasteiger partial charge in [-0.2, -0.15) is 0 Å². The van der Waals surface area contributed by atoms with Crippen molar-refractivity contribution in [1.29, 1.82) is 0 Å². The molecule has 4 rings (SSSR count). The predicted molar refractivity (Wildman–Crippen MR) is 120 cm³/mol. The van der Waals surface area contributed by atoms with Crippen LogP contribution in [0.15, 0.2) is 15.6 Å². The number of thioether (sulfide) groups is 1. The van der Waals surface area contributed by atoms with Gasteiger partial charge >= 0.3 is 5.97 Å². The molecule has 5 unspecified atom stereocenters. The Morgan fingerprint density at radius 1 is 1.34 bits per heavy atom. The number of amides is 2. The standard InChI is InChI=1S/C21H31N5O5S/c1-10-16-15(11(2)27)20(29)26(16)17(21(30)31)18(10)32-12-7-13(23-8-12)19(28)25-6-5-22-14(9-25)24(3)4/h10-13,15-16,23,27H,5-9H2,1-4H3,(H,30,31)/t10?,11?,12?,13?,15?,16-/m1/s1. The number of nitrogens with zero attached hydrogens (tertiary/aromatic N) is 4. The van der Waals surface area contributed by atoms with E-state index in [1.54, 1.807) is 6.92 Å². The van der Waals surface area contributed by atoms with Crippen molar-refractivity contribution in [3.8, 4) is 0 Å². The van der Waals surface area contributed by atoms with Crippen LogP contribution >= 0.6 is 11.8 Å². The Morgan fingerprint density at radius 3 is 2.69 bits per heavy atom. The number of β-lactam (4-membered cyclic amide) rings is 1. The number of hydrogen-bond donors (Lipinski definition) is 3. The Labute approximate surface area is 191 Å². The van der Waals surface area contributed by atoms with Gasteiger partial charge < -0.3 is 30.2 Å². The number of carbonyl (C=O) groups is 3. The van der Waals surface area contributed by atoms with Crippen molar-refractivity contribution in [1.82, 2.24) is 20.0 Å². The average Bonchev–Trinajstić information content (AvgIpc) is 3.29. The fourth-order valence-corrected chi connectivity index (χ4v) is 6.61. The van der Waals surface area contributed by atoms with Crippen molar-refractivity contribution in [3.63, 3.8) is 0 Å². The summed E-state index contributed by atoms with van der Waals surface area (Å²) in [7, 11) is 3.83. The summed E-state index contributed by atoms with van der Waals surface area (Å²) >= 11 is 1.45. The molecule has 0 aromatic heterocycles. The third-order valence-electron chi connectivity index (χ3n) is 6.82. The van der Waals surface area contributed by atoms with E-state index in [0.29, 0.717) is 37.5 Å². The Kier molecular flexibility index (Phi) is 6.25. The van der Waals surface area contributed by atoms with E-state index in [2.05, 4.69) is 10.3 Å². The van der Waals surface area contributed by atoms with Crippen LogP contribution in [-0.4, -0.2) is 112 Å². The van der Waals surface area contributed by atoms with E-state index < -0.39 is 18.0 Å². The summed E-state index contributed by atoms with van der Waals surface area (Å²) in [5.41, 5.74) is 0.0343. The molecule has 4 aliphatic heterocycles. The Balaban J connectivity index is 1.43. The highest BCUT2D eigenvalue weighted by atomic mass is 32.2. The fraction of sp³-hybridized carbons (Fsp3) is 0.714. The largest absolute Gasteiger partial charge is 0.477 e. The topological polar surface area (TPSA) is 126 Å². The summed E-state index contributed by atoms with van der Waals surface area (Å²) in [6.07, 6.45) is -0.225. The summed E-state index contributed by atoms with van der Waals surface area (Å²) in [5.74, 6) is -1.26. The van der Waals surface area contributed by atoms with Crippen molar-refractivity contribution in [2.45, 2.75) is 43.7 Å². The van der Waals surface area contributed by atoms with Gasteiger partial charge in [0, 0.05) is 43.3 Å². The van der Waals surface area contributed by atoms with Crippen molar-refractivity contribution in [3.05, 3.63) is 10.6 Å². The van der Waals surface area contributed by atoms with Crippen molar-refractivity contribution >= 4 is 35.4 Å². The van der Waals surface area contributed by atoms with E-state index in [-0.39, 0.29) is 40.8 Å². The van der Waals surface area contributed by atoms with Gasteiger partial charge in [0.25, 0.3) is 0 Å². The van der Waals surface area contributed by atoms with E-state index in [9.17, 15) is 24.6 Å². The zero-order valence-electron chi connectivity index (χ0n) is 18.8. The lowest BCUT2D eigenvalue weighted by atomic mass is 9.79. The molecule has 0 aliphatic carbocycles. The number of amidine groups is 1. The summed E-state index contributed by atoms with van der Waals surface area (Å²) in [6.45, 7) is 5.75. The molecule has 3 N–H and O–H groups in total. The van der Waals surface area contributed by atoms with Gasteiger partial charge in [-0.25, -0.2) is 4.79 Å². The third kappa shape index (κ3) is 3.80. The van der Waals surface area contributed by atoms with Crippen LogP contribution in [0.2, 0.25) is 0 Å². The quantitative estimate of drug-likeness (QED) is 0.460. The molecule has 0 spiro atoms. The smallest absolute Gasteiger partial charge is 0.353 e. The van der Waals surface area contributed by atoms with Gasteiger partial charge in [-0.1, -0.05) is 6.92 Å². The zero-order valence-corrected chi connectivity index (χ0v) is 19.6. The normalized spacial score (nSPS) is 33.1. The third-order valence-corrected chi connectivity index (χ3v) is 8.33. The average molecular weight is 466 g/mol. The first-order valence-corrected chi connectivity index (χ1v) is 11.9. The molecule has 0 bridgehead atoms. The number of carboxylic acid groups (broad SMARTS) is 1.